The van der Waals surface area contributed by atoms with Crippen molar-refractivity contribution in [3.8, 4) is 5.75 Å². The quantitative estimate of drug-likeness (QED) is 0.436. The number of hydrogen-bond acceptors (Lipinski definition) is 5. The number of nitro benzene ring substituents is 1. The SMILES string of the molecule is COc1cc([N+](=O)[O-])c(C(=O)O)cc1N. The second-order valence-electron chi connectivity index (χ2n) is 2.67. The van der Waals surface area contributed by atoms with Crippen LogP contribution in [0.1, 0.15) is 10.4 Å². The lowest BCUT2D eigenvalue weighted by atomic mass is 10.1. The smallest absolute Gasteiger partial charge is 0.342 e. The molecule has 0 radical (unpaired) electrons. The topological polar surface area (TPSA) is 116 Å². The van der Waals surface area contributed by atoms with Crippen molar-refractivity contribution in [2.75, 3.05) is 12.8 Å². The molecule has 0 aliphatic heterocycles. The summed E-state index contributed by atoms with van der Waals surface area (Å²) in [5, 5.41) is 19.3. The fraction of sp³-hybridized carbons (Fsp3) is 0.125. The van der Waals surface area contributed by atoms with Crippen LogP contribution in [0.5, 0.6) is 5.75 Å². The van der Waals surface area contributed by atoms with Crippen molar-refractivity contribution >= 4 is 17.3 Å². The van der Waals surface area contributed by atoms with Gasteiger partial charge in [0, 0.05) is 0 Å². The number of nitrogen functional groups attached to an aromatic ring is 1. The lowest BCUT2D eigenvalue weighted by Crippen LogP contribution is -2.05. The summed E-state index contributed by atoms with van der Waals surface area (Å²) in [6, 6.07) is 1.98. The standard InChI is InChI=1S/C8H8N2O5/c1-15-7-3-6(10(13)14)4(8(11)12)2-5(7)9/h2-3H,9H2,1H3,(H,11,12). The number of nitrogens with zero attached hydrogens (tertiary/aromatic N) is 1. The number of anilines is 1. The summed E-state index contributed by atoms with van der Waals surface area (Å²) in [6.45, 7) is 0. The van der Waals surface area contributed by atoms with Gasteiger partial charge in [-0.05, 0) is 6.07 Å². The van der Waals surface area contributed by atoms with Gasteiger partial charge in [0.2, 0.25) is 0 Å². The van der Waals surface area contributed by atoms with Gasteiger partial charge in [0.15, 0.2) is 0 Å². The van der Waals surface area contributed by atoms with Gasteiger partial charge in [-0.1, -0.05) is 0 Å². The number of aromatic carboxylic acids is 1. The molecule has 0 aliphatic carbocycles. The van der Waals surface area contributed by atoms with E-state index in [1.165, 1.54) is 7.11 Å². The molecule has 0 aliphatic rings. The van der Waals surface area contributed by atoms with Gasteiger partial charge < -0.3 is 15.6 Å². The second-order valence-corrected chi connectivity index (χ2v) is 2.67. The molecule has 7 heteroatoms. The molecular formula is C8H8N2O5. The maximum absolute atomic E-state index is 10.7. The molecule has 1 aromatic carbocycles. The Labute approximate surface area is 84.2 Å². The van der Waals surface area contributed by atoms with Crippen LogP contribution in [0.2, 0.25) is 0 Å². The van der Waals surface area contributed by atoms with Crippen LogP contribution in [-0.4, -0.2) is 23.1 Å². The first-order valence-electron chi connectivity index (χ1n) is 3.82. The fourth-order valence-corrected chi connectivity index (χ4v) is 1.08. The van der Waals surface area contributed by atoms with Gasteiger partial charge in [0.05, 0.1) is 23.8 Å². The third-order valence-corrected chi connectivity index (χ3v) is 1.78. The Morgan fingerprint density at radius 2 is 2.20 bits per heavy atom. The van der Waals surface area contributed by atoms with E-state index in [2.05, 4.69) is 0 Å². The van der Waals surface area contributed by atoms with E-state index in [9.17, 15) is 14.9 Å². The zero-order valence-electron chi connectivity index (χ0n) is 7.76. The molecule has 0 saturated heterocycles. The Hall–Kier alpha value is -2.31. The van der Waals surface area contributed by atoms with E-state index < -0.39 is 22.1 Å². The summed E-state index contributed by atoms with van der Waals surface area (Å²) in [5.41, 5.74) is 4.46. The lowest BCUT2D eigenvalue weighted by molar-refractivity contribution is -0.385. The molecule has 0 atom stereocenters. The molecule has 15 heavy (non-hydrogen) atoms. The highest BCUT2D eigenvalue weighted by molar-refractivity contribution is 5.94. The molecule has 0 unspecified atom stereocenters. The monoisotopic (exact) mass is 212 g/mol. The van der Waals surface area contributed by atoms with E-state index in [-0.39, 0.29) is 11.4 Å². The van der Waals surface area contributed by atoms with E-state index >= 15 is 0 Å². The predicted molar refractivity (Wildman–Crippen MR) is 51.0 cm³/mol. The fourth-order valence-electron chi connectivity index (χ4n) is 1.08. The van der Waals surface area contributed by atoms with Crippen LogP contribution in [0.3, 0.4) is 0 Å². The highest BCUT2D eigenvalue weighted by Crippen LogP contribution is 2.30. The van der Waals surface area contributed by atoms with E-state index in [0.29, 0.717) is 0 Å². The van der Waals surface area contributed by atoms with Gasteiger partial charge in [-0.2, -0.15) is 0 Å². The van der Waals surface area contributed by atoms with Crippen LogP contribution >= 0.6 is 0 Å². The Balaban J connectivity index is 3.45. The highest BCUT2D eigenvalue weighted by Gasteiger charge is 2.22. The van der Waals surface area contributed by atoms with Crippen LogP contribution in [0.25, 0.3) is 0 Å². The number of nitro groups is 1. The average Bonchev–Trinajstić information content (AvgIpc) is 2.16. The van der Waals surface area contributed by atoms with Gasteiger partial charge in [-0.3, -0.25) is 10.1 Å². The Bertz CT molecular complexity index is 429. The average molecular weight is 212 g/mol. The van der Waals surface area contributed by atoms with Crippen molar-refractivity contribution in [3.05, 3.63) is 27.8 Å². The van der Waals surface area contributed by atoms with E-state index in [1.54, 1.807) is 0 Å². The minimum atomic E-state index is -1.41. The number of benzene rings is 1. The van der Waals surface area contributed by atoms with Crippen LogP contribution in [0.4, 0.5) is 11.4 Å². The number of methoxy groups -OCH3 is 1. The molecule has 0 bridgehead atoms. The Morgan fingerprint density at radius 3 is 2.60 bits per heavy atom. The van der Waals surface area contributed by atoms with Crippen molar-refractivity contribution in [1.82, 2.24) is 0 Å². The second kappa shape index (κ2) is 3.82. The first-order chi connectivity index (χ1) is 6.97. The third kappa shape index (κ3) is 1.96. The van der Waals surface area contributed by atoms with Crippen LogP contribution < -0.4 is 10.5 Å². The largest absolute Gasteiger partial charge is 0.494 e. The molecule has 0 heterocycles. The molecule has 0 spiro atoms. The minimum Gasteiger partial charge on any atom is -0.494 e. The van der Waals surface area contributed by atoms with Crippen LogP contribution in [-0.2, 0) is 0 Å². The molecule has 0 aromatic heterocycles. The van der Waals surface area contributed by atoms with Gasteiger partial charge in [0.1, 0.15) is 11.3 Å². The van der Waals surface area contributed by atoms with Gasteiger partial charge >= 0.3 is 5.97 Å². The first-order valence-corrected chi connectivity index (χ1v) is 3.82. The summed E-state index contributed by atoms with van der Waals surface area (Å²) in [5.74, 6) is -1.33. The molecule has 1 rings (SSSR count). The summed E-state index contributed by atoms with van der Waals surface area (Å²) < 4.78 is 4.75. The van der Waals surface area contributed by atoms with Crippen LogP contribution in [0.15, 0.2) is 12.1 Å². The van der Waals surface area contributed by atoms with E-state index in [4.69, 9.17) is 15.6 Å². The molecule has 7 nitrogen and oxygen atoms in total. The zero-order valence-corrected chi connectivity index (χ0v) is 7.76. The molecule has 80 valence electrons. The number of carbonyl (C=O) groups is 1. The number of hydrogen-bond donors (Lipinski definition) is 2. The number of nitrogens with two attached hydrogens (primary N) is 1. The zero-order chi connectivity index (χ0) is 11.6. The van der Waals surface area contributed by atoms with Crippen molar-refractivity contribution in [3.63, 3.8) is 0 Å². The molecular weight excluding hydrogens is 204 g/mol. The predicted octanol–water partition coefficient (Wildman–Crippen LogP) is 0.884. The van der Waals surface area contributed by atoms with Gasteiger partial charge in [0.25, 0.3) is 5.69 Å². The molecule has 1 aromatic rings. The van der Waals surface area contributed by atoms with Gasteiger partial charge in [-0.15, -0.1) is 0 Å². The normalized spacial score (nSPS) is 9.67. The third-order valence-electron chi connectivity index (χ3n) is 1.78. The summed E-state index contributed by atoms with van der Waals surface area (Å²) in [4.78, 5) is 20.4. The van der Waals surface area contributed by atoms with Crippen LogP contribution in [0, 0.1) is 10.1 Å². The van der Waals surface area contributed by atoms with Gasteiger partial charge in [-0.25, -0.2) is 4.79 Å². The van der Waals surface area contributed by atoms with Crippen molar-refractivity contribution in [2.24, 2.45) is 0 Å². The number of carboxylic acids is 1. The Kier molecular flexibility index (Phi) is 2.75. The maximum Gasteiger partial charge on any atom is 0.342 e. The number of carboxylic acid groups (broad SMARTS) is 1. The number of ether oxygens (including phenoxy) is 1. The molecule has 0 fully saturated rings. The molecule has 0 amide bonds. The summed E-state index contributed by atoms with van der Waals surface area (Å²) in [6.07, 6.45) is 0. The van der Waals surface area contributed by atoms with E-state index in [0.717, 1.165) is 12.1 Å². The highest BCUT2D eigenvalue weighted by atomic mass is 16.6. The van der Waals surface area contributed by atoms with Crippen molar-refractivity contribution < 1.29 is 19.6 Å². The van der Waals surface area contributed by atoms with Crippen molar-refractivity contribution in [1.29, 1.82) is 0 Å². The Morgan fingerprint density at radius 1 is 1.60 bits per heavy atom. The summed E-state index contributed by atoms with van der Waals surface area (Å²) >= 11 is 0. The minimum absolute atomic E-state index is 0.0421. The molecule has 0 saturated carbocycles. The summed E-state index contributed by atoms with van der Waals surface area (Å²) in [7, 11) is 1.29. The maximum atomic E-state index is 10.7. The lowest BCUT2D eigenvalue weighted by Gasteiger charge is -2.05. The van der Waals surface area contributed by atoms with E-state index in [1.807, 2.05) is 0 Å². The number of rotatable bonds is 3. The first kappa shape index (κ1) is 10.8. The van der Waals surface area contributed by atoms with Crippen molar-refractivity contribution in [2.45, 2.75) is 0 Å². The molecule has 3 N–H and O–H groups in total.